The normalized spacial score (nSPS) is 12.4. The van der Waals surface area contributed by atoms with Gasteiger partial charge in [-0.3, -0.25) is 4.79 Å². The Labute approximate surface area is 144 Å². The predicted octanol–water partition coefficient (Wildman–Crippen LogP) is 4.16. The van der Waals surface area contributed by atoms with Gasteiger partial charge in [-0.05, 0) is 32.8 Å². The van der Waals surface area contributed by atoms with E-state index in [2.05, 4.69) is 10.1 Å². The molecule has 8 heteroatoms. The average molecular weight is 356 g/mol. The van der Waals surface area contributed by atoms with Gasteiger partial charge in [-0.15, -0.1) is 0 Å². The van der Waals surface area contributed by atoms with Crippen LogP contribution in [0.15, 0.2) is 12.3 Å². The van der Waals surface area contributed by atoms with Gasteiger partial charge in [0.1, 0.15) is 6.54 Å². The van der Waals surface area contributed by atoms with Crippen LogP contribution in [0, 0.1) is 0 Å². The zero-order valence-electron chi connectivity index (χ0n) is 15.1. The van der Waals surface area contributed by atoms with Crippen LogP contribution in [0.1, 0.15) is 62.6 Å². The van der Waals surface area contributed by atoms with Crippen molar-refractivity contribution in [2.45, 2.75) is 52.8 Å². The number of carbonyl (C=O) groups excluding carboxylic acids is 1. The Morgan fingerprint density at radius 3 is 2.40 bits per heavy atom. The van der Waals surface area contributed by atoms with Crippen LogP contribution in [0.3, 0.4) is 0 Å². The molecule has 2 rings (SSSR count). The van der Waals surface area contributed by atoms with Crippen LogP contribution in [-0.2, 0) is 0 Å². The highest BCUT2D eigenvalue weighted by Gasteiger charge is 2.33. The second-order valence-corrected chi connectivity index (χ2v) is 6.60. The van der Waals surface area contributed by atoms with Crippen molar-refractivity contribution in [2.24, 2.45) is 0 Å². The van der Waals surface area contributed by atoms with E-state index in [9.17, 15) is 18.0 Å². The number of rotatable bonds is 5. The molecule has 0 aromatic carbocycles. The van der Waals surface area contributed by atoms with Crippen molar-refractivity contribution in [3.63, 3.8) is 0 Å². The summed E-state index contributed by atoms with van der Waals surface area (Å²) in [5.74, 6) is -0.624. The third kappa shape index (κ3) is 4.11. The molecule has 5 nitrogen and oxygen atoms in total. The van der Waals surface area contributed by atoms with Gasteiger partial charge in [0, 0.05) is 18.3 Å². The van der Waals surface area contributed by atoms with Crippen molar-refractivity contribution >= 4 is 16.9 Å². The van der Waals surface area contributed by atoms with Gasteiger partial charge < -0.3 is 4.90 Å². The number of hydrogen-bond acceptors (Lipinski definition) is 3. The highest BCUT2D eigenvalue weighted by molar-refractivity contribution is 6.05. The minimum Gasteiger partial charge on any atom is -0.330 e. The molecule has 2 heterocycles. The third-order valence-corrected chi connectivity index (χ3v) is 3.94. The first-order chi connectivity index (χ1) is 11.5. The maximum absolute atomic E-state index is 12.8. The van der Waals surface area contributed by atoms with Crippen LogP contribution in [0.4, 0.5) is 13.2 Å². The number of amides is 1. The number of carbonyl (C=O) groups is 1. The van der Waals surface area contributed by atoms with Crippen LogP contribution in [0.2, 0.25) is 0 Å². The Hall–Kier alpha value is -2.12. The van der Waals surface area contributed by atoms with Gasteiger partial charge in [-0.25, -0.2) is 9.67 Å². The van der Waals surface area contributed by atoms with Crippen molar-refractivity contribution in [1.82, 2.24) is 19.7 Å². The summed E-state index contributed by atoms with van der Waals surface area (Å²) >= 11 is 0. The SMILES string of the molecule is CCN(CC(F)(F)F)C(=O)c1cc(C(C)C)nc2c1cnn2C(C)C. The first kappa shape index (κ1) is 19.2. The topological polar surface area (TPSA) is 51.0 Å². The summed E-state index contributed by atoms with van der Waals surface area (Å²) in [6.07, 6.45) is -2.94. The van der Waals surface area contributed by atoms with E-state index in [4.69, 9.17) is 0 Å². The van der Waals surface area contributed by atoms with Crippen molar-refractivity contribution in [3.8, 4) is 0 Å². The van der Waals surface area contributed by atoms with E-state index < -0.39 is 18.6 Å². The van der Waals surface area contributed by atoms with Crippen LogP contribution in [-0.4, -0.2) is 44.8 Å². The van der Waals surface area contributed by atoms with Crippen LogP contribution >= 0.6 is 0 Å². The molecule has 2 aromatic heterocycles. The molecule has 0 saturated carbocycles. The van der Waals surface area contributed by atoms with Gasteiger partial charge in [0.25, 0.3) is 5.91 Å². The molecule has 0 N–H and O–H groups in total. The highest BCUT2D eigenvalue weighted by Crippen LogP contribution is 2.26. The molecule has 0 aliphatic carbocycles. The molecular weight excluding hydrogens is 333 g/mol. The molecule has 138 valence electrons. The van der Waals surface area contributed by atoms with Crippen molar-refractivity contribution in [1.29, 1.82) is 0 Å². The first-order valence-corrected chi connectivity index (χ1v) is 8.29. The lowest BCUT2D eigenvalue weighted by Gasteiger charge is -2.23. The number of halogens is 3. The molecule has 0 aliphatic heterocycles. The second kappa shape index (κ2) is 7.01. The molecule has 0 unspecified atom stereocenters. The van der Waals surface area contributed by atoms with Gasteiger partial charge in [-0.1, -0.05) is 13.8 Å². The molecular formula is C17H23F3N4O. The maximum Gasteiger partial charge on any atom is 0.406 e. The molecule has 0 aliphatic rings. The number of hydrogen-bond donors (Lipinski definition) is 0. The summed E-state index contributed by atoms with van der Waals surface area (Å²) < 4.78 is 40.0. The zero-order valence-corrected chi connectivity index (χ0v) is 15.1. The number of alkyl halides is 3. The molecule has 2 aromatic rings. The van der Waals surface area contributed by atoms with Crippen molar-refractivity contribution in [2.75, 3.05) is 13.1 Å². The number of aromatic nitrogens is 3. The second-order valence-electron chi connectivity index (χ2n) is 6.60. The van der Waals surface area contributed by atoms with E-state index in [-0.39, 0.29) is 24.1 Å². The van der Waals surface area contributed by atoms with Crippen molar-refractivity contribution in [3.05, 3.63) is 23.5 Å². The zero-order chi connectivity index (χ0) is 18.9. The Bertz CT molecular complexity index is 765. The van der Waals surface area contributed by atoms with E-state index in [1.54, 1.807) is 10.7 Å². The quantitative estimate of drug-likeness (QED) is 0.808. The van der Waals surface area contributed by atoms with Gasteiger partial charge in [0.05, 0.1) is 17.1 Å². The Kier molecular flexibility index (Phi) is 5.39. The fraction of sp³-hybridized carbons (Fsp3) is 0.588. The molecule has 0 radical (unpaired) electrons. The monoisotopic (exact) mass is 356 g/mol. The van der Waals surface area contributed by atoms with Crippen molar-refractivity contribution < 1.29 is 18.0 Å². The summed E-state index contributed by atoms with van der Waals surface area (Å²) in [6, 6.07) is 1.61. The van der Waals surface area contributed by atoms with Crippen LogP contribution in [0.5, 0.6) is 0 Å². The van der Waals surface area contributed by atoms with Gasteiger partial charge in [0.2, 0.25) is 0 Å². The Balaban J connectivity index is 2.60. The van der Waals surface area contributed by atoms with E-state index in [1.807, 2.05) is 27.7 Å². The predicted molar refractivity (Wildman–Crippen MR) is 89.6 cm³/mol. The van der Waals surface area contributed by atoms with Gasteiger partial charge in [-0.2, -0.15) is 18.3 Å². The maximum atomic E-state index is 12.8. The third-order valence-electron chi connectivity index (χ3n) is 3.94. The van der Waals surface area contributed by atoms with E-state index >= 15 is 0 Å². The fourth-order valence-corrected chi connectivity index (χ4v) is 2.60. The highest BCUT2D eigenvalue weighted by atomic mass is 19.4. The lowest BCUT2D eigenvalue weighted by atomic mass is 10.0. The standard InChI is InChI=1S/C17H23F3N4O/c1-6-23(9-17(18,19)20)16(25)12-7-14(10(2)3)22-15-13(12)8-21-24(15)11(4)5/h7-8,10-11H,6,9H2,1-5H3. The smallest absolute Gasteiger partial charge is 0.330 e. The molecule has 25 heavy (non-hydrogen) atoms. The fourth-order valence-electron chi connectivity index (χ4n) is 2.60. The first-order valence-electron chi connectivity index (χ1n) is 8.29. The molecule has 0 atom stereocenters. The summed E-state index contributed by atoms with van der Waals surface area (Å²) in [6.45, 7) is 7.93. The molecule has 0 saturated heterocycles. The van der Waals surface area contributed by atoms with E-state index in [0.29, 0.717) is 16.7 Å². The molecule has 0 fully saturated rings. The summed E-state index contributed by atoms with van der Waals surface area (Å²) in [5.41, 5.74) is 1.39. The van der Waals surface area contributed by atoms with Gasteiger partial charge in [0.15, 0.2) is 5.65 Å². The molecule has 0 bridgehead atoms. The van der Waals surface area contributed by atoms with E-state index in [0.717, 1.165) is 4.90 Å². The molecule has 0 spiro atoms. The van der Waals surface area contributed by atoms with Crippen LogP contribution < -0.4 is 0 Å². The number of nitrogens with zero attached hydrogens (tertiary/aromatic N) is 4. The lowest BCUT2D eigenvalue weighted by molar-refractivity contribution is -0.140. The average Bonchev–Trinajstić information content (AvgIpc) is 2.94. The largest absolute Gasteiger partial charge is 0.406 e. The Morgan fingerprint density at radius 2 is 1.92 bits per heavy atom. The summed E-state index contributed by atoms with van der Waals surface area (Å²) in [7, 11) is 0. The summed E-state index contributed by atoms with van der Waals surface area (Å²) in [4.78, 5) is 18.1. The number of pyridine rings is 1. The van der Waals surface area contributed by atoms with Crippen LogP contribution in [0.25, 0.3) is 11.0 Å². The lowest BCUT2D eigenvalue weighted by Crippen LogP contribution is -2.39. The number of fused-ring (bicyclic) bond motifs is 1. The van der Waals surface area contributed by atoms with E-state index in [1.165, 1.54) is 13.1 Å². The van der Waals surface area contributed by atoms with Gasteiger partial charge >= 0.3 is 6.18 Å². The molecule has 1 amide bonds. The minimum absolute atomic E-state index is 0.0211. The minimum atomic E-state index is -4.44. The Morgan fingerprint density at radius 1 is 1.28 bits per heavy atom. The summed E-state index contributed by atoms with van der Waals surface area (Å²) in [5, 5.41) is 4.73.